The van der Waals surface area contributed by atoms with Crippen molar-refractivity contribution in [3.63, 3.8) is 0 Å². The van der Waals surface area contributed by atoms with E-state index in [0.717, 1.165) is 10.2 Å². The van der Waals surface area contributed by atoms with Crippen LogP contribution in [0.3, 0.4) is 0 Å². The first-order chi connectivity index (χ1) is 10.1. The Morgan fingerprint density at radius 1 is 1.05 bits per heavy atom. The third-order valence-corrected chi connectivity index (χ3v) is 3.96. The number of halogens is 1. The van der Waals surface area contributed by atoms with Crippen LogP contribution in [0.15, 0.2) is 59.1 Å². The van der Waals surface area contributed by atoms with Crippen LogP contribution in [0.1, 0.15) is 25.5 Å². The van der Waals surface area contributed by atoms with Crippen LogP contribution in [0.25, 0.3) is 0 Å². The first kappa shape index (κ1) is 15.7. The van der Waals surface area contributed by atoms with Gasteiger partial charge < -0.3 is 10.6 Å². The lowest BCUT2D eigenvalue weighted by Crippen LogP contribution is -2.91. The molecule has 0 spiro atoms. The van der Waals surface area contributed by atoms with E-state index in [-0.39, 0.29) is 18.0 Å². The average Bonchev–Trinajstić information content (AvgIpc) is 2.50. The molecule has 0 bridgehead atoms. The highest BCUT2D eigenvalue weighted by molar-refractivity contribution is 9.10. The molecule has 0 heterocycles. The molecular weight excluding hydrogens is 328 g/mol. The van der Waals surface area contributed by atoms with Gasteiger partial charge >= 0.3 is 0 Å². The Bertz CT molecular complexity index is 583. The van der Waals surface area contributed by atoms with Gasteiger partial charge in [-0.15, -0.1) is 0 Å². The van der Waals surface area contributed by atoms with E-state index in [4.69, 9.17) is 0 Å². The Morgan fingerprint density at radius 3 is 2.29 bits per heavy atom. The zero-order valence-corrected chi connectivity index (χ0v) is 13.8. The van der Waals surface area contributed by atoms with Crippen LogP contribution in [0.2, 0.25) is 0 Å². The summed E-state index contributed by atoms with van der Waals surface area (Å²) in [5.74, 6) is 0.0140. The first-order valence-corrected chi connectivity index (χ1v) is 7.82. The topological polar surface area (TPSA) is 45.7 Å². The van der Waals surface area contributed by atoms with Gasteiger partial charge in [-0.2, -0.15) is 0 Å². The first-order valence-electron chi connectivity index (χ1n) is 7.02. The summed E-state index contributed by atoms with van der Waals surface area (Å²) >= 11 is 3.38. The smallest absolute Gasteiger partial charge is 0.282 e. The number of quaternary nitrogens is 1. The van der Waals surface area contributed by atoms with Crippen LogP contribution in [0.5, 0.6) is 0 Å². The fourth-order valence-corrected chi connectivity index (χ4v) is 2.44. The average molecular weight is 348 g/mol. The number of anilines is 1. The summed E-state index contributed by atoms with van der Waals surface area (Å²) in [4.78, 5) is 12.2. The fourth-order valence-electron chi connectivity index (χ4n) is 2.18. The normalized spacial score (nSPS) is 13.5. The van der Waals surface area contributed by atoms with Crippen LogP contribution < -0.4 is 10.6 Å². The molecule has 0 saturated heterocycles. The molecule has 0 aliphatic carbocycles. The van der Waals surface area contributed by atoms with Gasteiger partial charge in [-0.25, -0.2) is 0 Å². The fraction of sp³-hybridized carbons (Fsp3) is 0.235. The molecule has 0 aliphatic heterocycles. The Morgan fingerprint density at radius 2 is 1.67 bits per heavy atom. The van der Waals surface area contributed by atoms with Crippen molar-refractivity contribution in [2.45, 2.75) is 25.9 Å². The lowest BCUT2D eigenvalue weighted by Gasteiger charge is -2.16. The van der Waals surface area contributed by atoms with Gasteiger partial charge in [0.25, 0.3) is 5.91 Å². The van der Waals surface area contributed by atoms with E-state index < -0.39 is 0 Å². The molecule has 0 saturated carbocycles. The molecule has 2 aromatic rings. The molecule has 0 aliphatic rings. The molecule has 21 heavy (non-hydrogen) atoms. The predicted molar refractivity (Wildman–Crippen MR) is 89.0 cm³/mol. The van der Waals surface area contributed by atoms with Crippen LogP contribution in [0.4, 0.5) is 5.69 Å². The van der Waals surface area contributed by atoms with Crippen LogP contribution in [0, 0.1) is 0 Å². The van der Waals surface area contributed by atoms with Gasteiger partial charge in [0.05, 0.1) is 0 Å². The molecule has 0 fully saturated rings. The van der Waals surface area contributed by atoms with Gasteiger partial charge in [0.1, 0.15) is 6.04 Å². The number of hydrogen-bond acceptors (Lipinski definition) is 1. The minimum Gasteiger partial charge on any atom is -0.330 e. The van der Waals surface area contributed by atoms with E-state index in [2.05, 4.69) is 45.6 Å². The number of carbonyl (C=O) groups excluding carboxylic acids is 1. The van der Waals surface area contributed by atoms with E-state index in [9.17, 15) is 4.79 Å². The van der Waals surface area contributed by atoms with Crippen molar-refractivity contribution in [3.8, 4) is 0 Å². The van der Waals surface area contributed by atoms with E-state index in [1.54, 1.807) is 0 Å². The molecule has 2 aromatic carbocycles. The number of amides is 1. The highest BCUT2D eigenvalue weighted by Gasteiger charge is 2.20. The predicted octanol–water partition coefficient (Wildman–Crippen LogP) is 3.10. The van der Waals surface area contributed by atoms with Crippen LogP contribution in [-0.4, -0.2) is 11.9 Å². The van der Waals surface area contributed by atoms with Crippen molar-refractivity contribution in [2.75, 3.05) is 5.32 Å². The van der Waals surface area contributed by atoms with Crippen LogP contribution in [-0.2, 0) is 4.79 Å². The van der Waals surface area contributed by atoms with Crippen molar-refractivity contribution in [2.24, 2.45) is 0 Å². The van der Waals surface area contributed by atoms with Gasteiger partial charge in [-0.3, -0.25) is 4.79 Å². The molecule has 3 nitrogen and oxygen atoms in total. The summed E-state index contributed by atoms with van der Waals surface area (Å²) in [6, 6.07) is 17.9. The second-order valence-electron chi connectivity index (χ2n) is 5.18. The molecule has 0 radical (unpaired) electrons. The summed E-state index contributed by atoms with van der Waals surface area (Å²) < 4.78 is 0.998. The maximum absolute atomic E-state index is 12.2. The monoisotopic (exact) mass is 347 g/mol. The van der Waals surface area contributed by atoms with E-state index in [1.807, 2.05) is 49.4 Å². The zero-order valence-electron chi connectivity index (χ0n) is 12.2. The van der Waals surface area contributed by atoms with E-state index in [1.165, 1.54) is 5.56 Å². The van der Waals surface area contributed by atoms with Crippen LogP contribution >= 0.6 is 15.9 Å². The summed E-state index contributed by atoms with van der Waals surface area (Å²) in [7, 11) is 0. The maximum atomic E-state index is 12.2. The lowest BCUT2D eigenvalue weighted by atomic mass is 10.1. The number of nitrogens with one attached hydrogen (secondary N) is 1. The second-order valence-corrected chi connectivity index (χ2v) is 6.09. The van der Waals surface area contributed by atoms with Crippen molar-refractivity contribution in [3.05, 3.63) is 64.6 Å². The van der Waals surface area contributed by atoms with Crippen molar-refractivity contribution in [1.29, 1.82) is 0 Å². The highest BCUT2D eigenvalue weighted by atomic mass is 79.9. The van der Waals surface area contributed by atoms with Gasteiger partial charge in [-0.05, 0) is 38.1 Å². The molecule has 4 heteroatoms. The Labute approximate surface area is 133 Å². The molecular formula is C17H20BrN2O+. The SMILES string of the molecule is C[C@@H]([NH2+][C@H](C)c1ccccc1)C(=O)Nc1ccc(Br)cc1. The van der Waals surface area contributed by atoms with Gasteiger partial charge in [0.15, 0.2) is 6.04 Å². The van der Waals surface area contributed by atoms with Crippen molar-refractivity contribution < 1.29 is 10.1 Å². The molecule has 1 amide bonds. The minimum absolute atomic E-state index is 0.0140. The number of rotatable bonds is 5. The van der Waals surface area contributed by atoms with Crippen molar-refractivity contribution in [1.82, 2.24) is 0 Å². The lowest BCUT2D eigenvalue weighted by molar-refractivity contribution is -0.709. The Hall–Kier alpha value is -1.65. The summed E-state index contributed by atoms with van der Waals surface area (Å²) in [6.45, 7) is 4.03. The standard InChI is InChI=1S/C17H19BrN2O/c1-12(14-6-4-3-5-7-14)19-13(2)17(21)20-16-10-8-15(18)9-11-16/h3-13,19H,1-2H3,(H,20,21)/p+1/t12-,13-/m1/s1. The Balaban J connectivity index is 1.92. The third-order valence-electron chi connectivity index (χ3n) is 3.43. The molecule has 2 rings (SSSR count). The number of nitrogens with two attached hydrogens (primary N) is 1. The van der Waals surface area contributed by atoms with Gasteiger partial charge in [0, 0.05) is 15.7 Å². The zero-order chi connectivity index (χ0) is 15.2. The summed E-state index contributed by atoms with van der Waals surface area (Å²) in [5, 5.41) is 5.01. The summed E-state index contributed by atoms with van der Waals surface area (Å²) in [6.07, 6.45) is 0. The molecule has 0 unspecified atom stereocenters. The number of hydrogen-bond donors (Lipinski definition) is 2. The Kier molecular flexibility index (Phi) is 5.53. The third kappa shape index (κ3) is 4.69. The van der Waals surface area contributed by atoms with Gasteiger partial charge in [-0.1, -0.05) is 46.3 Å². The molecule has 2 atom stereocenters. The van der Waals surface area contributed by atoms with Crippen molar-refractivity contribution >= 4 is 27.5 Å². The van der Waals surface area contributed by atoms with Gasteiger partial charge in [0.2, 0.25) is 0 Å². The highest BCUT2D eigenvalue weighted by Crippen LogP contribution is 2.14. The quantitative estimate of drug-likeness (QED) is 0.857. The molecule has 0 aromatic heterocycles. The minimum atomic E-state index is -0.149. The number of benzene rings is 2. The summed E-state index contributed by atoms with van der Waals surface area (Å²) in [5.41, 5.74) is 2.04. The molecule has 110 valence electrons. The second kappa shape index (κ2) is 7.38. The largest absolute Gasteiger partial charge is 0.330 e. The molecule has 3 N–H and O–H groups in total. The van der Waals surface area contributed by atoms with E-state index in [0.29, 0.717) is 0 Å². The van der Waals surface area contributed by atoms with E-state index >= 15 is 0 Å². The number of carbonyl (C=O) groups is 1. The maximum Gasteiger partial charge on any atom is 0.282 e.